The maximum atomic E-state index is 12.1. The van der Waals surface area contributed by atoms with E-state index in [1.54, 1.807) is 0 Å². The number of rotatable bonds is 5. The van der Waals surface area contributed by atoms with Crippen LogP contribution in [0, 0.1) is 17.2 Å². The first-order valence-corrected chi connectivity index (χ1v) is 7.63. The fraction of sp³-hybridized carbons (Fsp3) is 0.800. The zero-order valence-electron chi connectivity index (χ0n) is 11.9. The van der Waals surface area contributed by atoms with E-state index < -0.39 is 0 Å². The third-order valence-electron chi connectivity index (χ3n) is 4.39. The molecule has 0 aromatic heterocycles. The zero-order valence-corrected chi connectivity index (χ0v) is 11.9. The number of carbonyl (C=O) groups is 2. The summed E-state index contributed by atoms with van der Waals surface area (Å²) in [4.78, 5) is 26.1. The summed E-state index contributed by atoms with van der Waals surface area (Å²) < 4.78 is 0. The van der Waals surface area contributed by atoms with Crippen molar-refractivity contribution in [3.63, 3.8) is 0 Å². The lowest BCUT2D eigenvalue weighted by Crippen LogP contribution is -2.45. The number of nitrogens with zero attached hydrogens (tertiary/aromatic N) is 2. The number of hydrogen-bond donors (Lipinski definition) is 1. The molecule has 1 aliphatic carbocycles. The Labute approximate surface area is 120 Å². The molecule has 0 radical (unpaired) electrons. The molecular weight excluding hydrogens is 254 g/mol. The molecule has 1 heterocycles. The molecule has 1 saturated carbocycles. The number of nitriles is 1. The summed E-state index contributed by atoms with van der Waals surface area (Å²) in [7, 11) is 0. The lowest BCUT2D eigenvalue weighted by atomic mass is 9.82. The summed E-state index contributed by atoms with van der Waals surface area (Å²) in [5.74, 6) is 0.492. The summed E-state index contributed by atoms with van der Waals surface area (Å²) in [6.07, 6.45) is 6.29. The van der Waals surface area contributed by atoms with Crippen LogP contribution >= 0.6 is 0 Å². The van der Waals surface area contributed by atoms with Crippen molar-refractivity contribution < 1.29 is 9.59 Å². The molecule has 5 heteroatoms. The highest BCUT2D eigenvalue weighted by Gasteiger charge is 2.37. The van der Waals surface area contributed by atoms with Gasteiger partial charge in [-0.2, -0.15) is 5.26 Å². The first kappa shape index (κ1) is 15.0. The molecule has 2 aliphatic rings. The molecule has 0 aromatic carbocycles. The molecule has 20 heavy (non-hydrogen) atoms. The van der Waals surface area contributed by atoms with E-state index in [9.17, 15) is 9.59 Å². The Hall–Kier alpha value is -1.41. The van der Waals surface area contributed by atoms with Crippen molar-refractivity contribution in [2.24, 2.45) is 5.92 Å². The molecule has 2 rings (SSSR count). The Morgan fingerprint density at radius 3 is 2.95 bits per heavy atom. The zero-order chi connectivity index (χ0) is 14.4. The molecule has 1 aliphatic heterocycles. The van der Waals surface area contributed by atoms with Gasteiger partial charge in [0.15, 0.2) is 0 Å². The first-order valence-electron chi connectivity index (χ1n) is 7.63. The van der Waals surface area contributed by atoms with Crippen LogP contribution in [0.25, 0.3) is 0 Å². The monoisotopic (exact) mass is 277 g/mol. The van der Waals surface area contributed by atoms with Gasteiger partial charge in [0.05, 0.1) is 19.0 Å². The Morgan fingerprint density at radius 1 is 1.35 bits per heavy atom. The average molecular weight is 277 g/mol. The summed E-state index contributed by atoms with van der Waals surface area (Å²) in [5, 5.41) is 11.2. The minimum Gasteiger partial charge on any atom is -0.354 e. The van der Waals surface area contributed by atoms with Crippen molar-refractivity contribution in [2.45, 2.75) is 51.0 Å². The van der Waals surface area contributed by atoms with Gasteiger partial charge in [-0.05, 0) is 32.2 Å². The average Bonchev–Trinajstić information content (AvgIpc) is 2.87. The van der Waals surface area contributed by atoms with Gasteiger partial charge in [-0.1, -0.05) is 6.42 Å². The van der Waals surface area contributed by atoms with Gasteiger partial charge in [0.25, 0.3) is 0 Å². The van der Waals surface area contributed by atoms with Gasteiger partial charge in [-0.25, -0.2) is 0 Å². The smallest absolute Gasteiger partial charge is 0.234 e. The molecular formula is C15H23N3O2. The second-order valence-electron chi connectivity index (χ2n) is 5.76. The number of nitrogens with one attached hydrogen (secondary N) is 1. The lowest BCUT2D eigenvalue weighted by molar-refractivity contribution is -0.128. The Morgan fingerprint density at radius 2 is 2.20 bits per heavy atom. The molecule has 0 bridgehead atoms. The van der Waals surface area contributed by atoms with Crippen LogP contribution in [0.2, 0.25) is 0 Å². The molecule has 1 amide bonds. The van der Waals surface area contributed by atoms with Crippen LogP contribution in [-0.4, -0.2) is 42.3 Å². The first-order chi connectivity index (χ1) is 9.72. The highest BCUT2D eigenvalue weighted by molar-refractivity contribution is 5.82. The third-order valence-corrected chi connectivity index (χ3v) is 4.39. The van der Waals surface area contributed by atoms with Crippen LogP contribution in [0.1, 0.15) is 44.9 Å². The van der Waals surface area contributed by atoms with Crippen molar-refractivity contribution in [1.82, 2.24) is 10.2 Å². The number of ketones is 1. The topological polar surface area (TPSA) is 73.2 Å². The highest BCUT2D eigenvalue weighted by Crippen LogP contribution is 2.32. The van der Waals surface area contributed by atoms with Crippen LogP contribution in [-0.2, 0) is 9.59 Å². The van der Waals surface area contributed by atoms with Crippen molar-refractivity contribution in [3.05, 3.63) is 0 Å². The van der Waals surface area contributed by atoms with Gasteiger partial charge in [-0.15, -0.1) is 0 Å². The van der Waals surface area contributed by atoms with Crippen LogP contribution in [0.3, 0.4) is 0 Å². The largest absolute Gasteiger partial charge is 0.354 e. The van der Waals surface area contributed by atoms with E-state index in [2.05, 4.69) is 10.2 Å². The Bertz CT molecular complexity index is 402. The normalized spacial score (nSPS) is 27.2. The van der Waals surface area contributed by atoms with Gasteiger partial charge in [-0.3, -0.25) is 14.5 Å². The highest BCUT2D eigenvalue weighted by atomic mass is 16.2. The number of likely N-dealkylation sites (tertiary alicyclic amines) is 1. The maximum Gasteiger partial charge on any atom is 0.234 e. The number of carbonyl (C=O) groups excluding carboxylic acids is 2. The molecule has 110 valence electrons. The minimum absolute atomic E-state index is 0.0320. The molecule has 2 fully saturated rings. The molecule has 1 saturated heterocycles. The molecule has 0 aromatic rings. The number of amides is 1. The maximum absolute atomic E-state index is 12.1. The van der Waals surface area contributed by atoms with Gasteiger partial charge < -0.3 is 5.32 Å². The summed E-state index contributed by atoms with van der Waals surface area (Å²) in [6, 6.07) is 2.26. The van der Waals surface area contributed by atoms with Crippen molar-refractivity contribution in [1.29, 1.82) is 5.26 Å². The lowest BCUT2D eigenvalue weighted by Gasteiger charge is -2.32. The second-order valence-corrected chi connectivity index (χ2v) is 5.76. The molecule has 0 spiro atoms. The van der Waals surface area contributed by atoms with E-state index in [0.717, 1.165) is 38.6 Å². The van der Waals surface area contributed by atoms with Gasteiger partial charge in [0.1, 0.15) is 5.78 Å². The van der Waals surface area contributed by atoms with Crippen molar-refractivity contribution >= 4 is 11.7 Å². The number of hydrogen-bond acceptors (Lipinski definition) is 4. The second kappa shape index (κ2) is 7.39. The summed E-state index contributed by atoms with van der Waals surface area (Å²) in [5.41, 5.74) is 0. The van der Waals surface area contributed by atoms with Gasteiger partial charge in [0.2, 0.25) is 5.91 Å². The SMILES string of the molecule is N#CCCNC(=O)CN1CCCC1C1CCCCC1=O. The minimum atomic E-state index is -0.0320. The van der Waals surface area contributed by atoms with Gasteiger partial charge >= 0.3 is 0 Å². The molecule has 2 unspecified atom stereocenters. The van der Waals surface area contributed by atoms with E-state index in [4.69, 9.17) is 5.26 Å². The fourth-order valence-electron chi connectivity index (χ4n) is 3.42. The quantitative estimate of drug-likeness (QED) is 0.767. The van der Waals surface area contributed by atoms with Crippen molar-refractivity contribution in [3.8, 4) is 6.07 Å². The van der Waals surface area contributed by atoms with E-state index in [1.807, 2.05) is 6.07 Å². The molecule has 2 atom stereocenters. The predicted octanol–water partition coefficient (Wildman–Crippen LogP) is 1.24. The van der Waals surface area contributed by atoms with Crippen LogP contribution < -0.4 is 5.32 Å². The van der Waals surface area contributed by atoms with Crippen LogP contribution in [0.15, 0.2) is 0 Å². The summed E-state index contributed by atoms with van der Waals surface area (Å²) in [6.45, 7) is 1.68. The summed E-state index contributed by atoms with van der Waals surface area (Å²) >= 11 is 0. The number of Topliss-reactive ketones (excluding diaryl/α,β-unsaturated/α-hetero) is 1. The Balaban J connectivity index is 1.85. The fourth-order valence-corrected chi connectivity index (χ4v) is 3.42. The Kier molecular flexibility index (Phi) is 5.54. The van der Waals surface area contributed by atoms with E-state index in [-0.39, 0.29) is 17.9 Å². The molecule has 1 N–H and O–H groups in total. The van der Waals surface area contributed by atoms with Gasteiger partial charge in [0, 0.05) is 24.9 Å². The van der Waals surface area contributed by atoms with E-state index in [1.165, 1.54) is 0 Å². The van der Waals surface area contributed by atoms with Crippen LogP contribution in [0.5, 0.6) is 0 Å². The van der Waals surface area contributed by atoms with Crippen LogP contribution in [0.4, 0.5) is 0 Å². The molecule has 5 nitrogen and oxygen atoms in total. The standard InChI is InChI=1S/C15H23N3O2/c16-8-4-9-17-15(20)11-18-10-3-6-13(18)12-5-1-2-7-14(12)19/h12-13H,1-7,9-11H2,(H,17,20). The predicted molar refractivity (Wildman–Crippen MR) is 74.8 cm³/mol. The van der Waals surface area contributed by atoms with E-state index >= 15 is 0 Å². The third kappa shape index (κ3) is 3.80. The van der Waals surface area contributed by atoms with E-state index in [0.29, 0.717) is 31.7 Å². The van der Waals surface area contributed by atoms with Crippen molar-refractivity contribution in [2.75, 3.05) is 19.6 Å².